The molecule has 8 nitrogen and oxygen atoms in total. The van der Waals surface area contributed by atoms with Crippen molar-refractivity contribution in [1.29, 1.82) is 0 Å². The molecule has 3 heterocycles. The highest BCUT2D eigenvalue weighted by Gasteiger charge is 2.31. The molecule has 0 atom stereocenters. The van der Waals surface area contributed by atoms with Crippen LogP contribution in [-0.4, -0.2) is 18.6 Å². The summed E-state index contributed by atoms with van der Waals surface area (Å²) < 4.78 is 22.7. The van der Waals surface area contributed by atoms with Crippen molar-refractivity contribution in [3.8, 4) is 11.5 Å². The van der Waals surface area contributed by atoms with Crippen molar-refractivity contribution in [1.82, 2.24) is 0 Å². The van der Waals surface area contributed by atoms with Crippen molar-refractivity contribution in [2.24, 2.45) is 0 Å². The summed E-state index contributed by atoms with van der Waals surface area (Å²) in [4.78, 5) is 37.0. The molecule has 1 amide bonds. The number of carbonyl (C=O) groups is 1. The summed E-state index contributed by atoms with van der Waals surface area (Å²) in [5.41, 5.74) is 2.32. The number of amides is 1. The number of carbonyl (C=O) groups excluding carboxylic acids is 1. The molecule has 1 N–H and O–H groups in total. The highest BCUT2D eigenvalue weighted by Crippen LogP contribution is 2.43. The van der Waals surface area contributed by atoms with Crippen LogP contribution in [0, 0.1) is 6.92 Å². The Kier molecular flexibility index (Phi) is 5.82. The van der Waals surface area contributed by atoms with E-state index in [9.17, 15) is 14.4 Å². The van der Waals surface area contributed by atoms with Crippen LogP contribution in [0.5, 0.6) is 11.5 Å². The van der Waals surface area contributed by atoms with Gasteiger partial charge in [0, 0.05) is 40.8 Å². The molecular formula is C28H27NO7. The Balaban J connectivity index is 1.41. The predicted octanol–water partition coefficient (Wildman–Crippen LogP) is 4.89. The number of anilines is 1. The van der Waals surface area contributed by atoms with Crippen molar-refractivity contribution >= 4 is 33.5 Å². The lowest BCUT2D eigenvalue weighted by Gasteiger charge is -2.33. The molecule has 0 unspecified atom stereocenters. The molecule has 2 aromatic carbocycles. The lowest BCUT2D eigenvalue weighted by molar-refractivity contribution is -0.116. The van der Waals surface area contributed by atoms with E-state index in [4.69, 9.17) is 18.3 Å². The van der Waals surface area contributed by atoms with Gasteiger partial charge in [-0.1, -0.05) is 0 Å². The smallest absolute Gasteiger partial charge is 0.339 e. The normalized spacial score (nSPS) is 14.3. The Bertz CT molecular complexity index is 1630. The van der Waals surface area contributed by atoms with Gasteiger partial charge in [0.1, 0.15) is 28.3 Å². The van der Waals surface area contributed by atoms with Crippen molar-refractivity contribution in [2.45, 2.75) is 52.1 Å². The van der Waals surface area contributed by atoms with Crippen molar-refractivity contribution in [3.05, 3.63) is 73.9 Å². The van der Waals surface area contributed by atoms with Crippen LogP contribution >= 0.6 is 0 Å². The van der Waals surface area contributed by atoms with Crippen LogP contribution in [0.25, 0.3) is 21.9 Å². The van der Waals surface area contributed by atoms with E-state index in [0.29, 0.717) is 39.3 Å². The second-order valence-electron chi connectivity index (χ2n) is 9.67. The van der Waals surface area contributed by atoms with E-state index in [-0.39, 0.29) is 24.3 Å². The monoisotopic (exact) mass is 489 g/mol. The fourth-order valence-electron chi connectivity index (χ4n) is 4.74. The van der Waals surface area contributed by atoms with Gasteiger partial charge in [-0.2, -0.15) is 0 Å². The standard InChI is InChI=1S/C28H27NO7/c1-15-18(7-9-23(30)29-17-6-8-20-16(13-17)5-10-24(31)34-20)27(32)35-26-19-11-12-28(2,3)36-21(19)14-22(33-4)25(15)26/h5-6,8,10,13-14H,7,9,11-12H2,1-4H3,(H,29,30). The zero-order chi connectivity index (χ0) is 25.6. The largest absolute Gasteiger partial charge is 0.496 e. The molecule has 0 bridgehead atoms. The van der Waals surface area contributed by atoms with Crippen molar-refractivity contribution in [2.75, 3.05) is 12.4 Å². The summed E-state index contributed by atoms with van der Waals surface area (Å²) >= 11 is 0. The Labute approximate surface area is 206 Å². The molecule has 186 valence electrons. The maximum absolute atomic E-state index is 13.0. The highest BCUT2D eigenvalue weighted by atomic mass is 16.5. The van der Waals surface area contributed by atoms with Gasteiger partial charge < -0.3 is 23.6 Å². The molecule has 0 saturated heterocycles. The van der Waals surface area contributed by atoms with E-state index in [1.807, 2.05) is 26.8 Å². The maximum atomic E-state index is 13.0. The number of hydrogen-bond donors (Lipinski definition) is 1. The lowest BCUT2D eigenvalue weighted by Crippen LogP contribution is -2.32. The average Bonchev–Trinajstić information content (AvgIpc) is 2.82. The minimum atomic E-state index is -0.464. The molecule has 8 heteroatoms. The van der Waals surface area contributed by atoms with Gasteiger partial charge in [-0.25, -0.2) is 9.59 Å². The number of methoxy groups -OCH3 is 1. The number of ether oxygens (including phenoxy) is 2. The molecule has 1 aliphatic heterocycles. The van der Waals surface area contributed by atoms with E-state index in [1.165, 1.54) is 6.07 Å². The maximum Gasteiger partial charge on any atom is 0.339 e. The first kappa shape index (κ1) is 23.7. The van der Waals surface area contributed by atoms with Gasteiger partial charge in [0.05, 0.1) is 12.5 Å². The Morgan fingerprint density at radius 1 is 1.11 bits per heavy atom. The Hall–Kier alpha value is -4.07. The first-order chi connectivity index (χ1) is 17.1. The zero-order valence-electron chi connectivity index (χ0n) is 20.7. The van der Waals surface area contributed by atoms with Gasteiger partial charge in [-0.3, -0.25) is 4.79 Å². The number of aryl methyl sites for hydroxylation is 2. The molecule has 0 spiro atoms. The molecule has 4 aromatic rings. The van der Waals surface area contributed by atoms with Crippen molar-refractivity contribution < 1.29 is 23.1 Å². The molecule has 2 aromatic heterocycles. The fourth-order valence-corrected chi connectivity index (χ4v) is 4.74. The van der Waals surface area contributed by atoms with E-state index in [1.54, 1.807) is 31.4 Å². The summed E-state index contributed by atoms with van der Waals surface area (Å²) in [6, 6.07) is 9.84. The fraction of sp³-hybridized carbons (Fsp3) is 0.321. The minimum Gasteiger partial charge on any atom is -0.496 e. The SMILES string of the molecule is COc1cc2c(c3oc(=O)c(CCC(=O)Nc4ccc5oc(=O)ccc5c4)c(C)c13)CCC(C)(C)O2. The minimum absolute atomic E-state index is 0.0869. The number of rotatable bonds is 5. The van der Waals surface area contributed by atoms with E-state index in [2.05, 4.69) is 5.32 Å². The molecule has 0 radical (unpaired) electrons. The second kappa shape index (κ2) is 8.86. The summed E-state index contributed by atoms with van der Waals surface area (Å²) in [6.07, 6.45) is 1.82. The van der Waals surface area contributed by atoms with Gasteiger partial charge in [0.2, 0.25) is 5.91 Å². The lowest BCUT2D eigenvalue weighted by atomic mass is 9.91. The molecule has 0 fully saturated rings. The Morgan fingerprint density at radius 3 is 2.69 bits per heavy atom. The van der Waals surface area contributed by atoms with Gasteiger partial charge in [-0.05, 0) is 69.9 Å². The first-order valence-corrected chi connectivity index (χ1v) is 11.8. The number of hydrogen-bond acceptors (Lipinski definition) is 7. The number of nitrogens with one attached hydrogen (secondary N) is 1. The van der Waals surface area contributed by atoms with Gasteiger partial charge >= 0.3 is 11.3 Å². The van der Waals surface area contributed by atoms with Crippen LogP contribution in [0.4, 0.5) is 5.69 Å². The molecular weight excluding hydrogens is 462 g/mol. The van der Waals surface area contributed by atoms with Gasteiger partial charge in [0.15, 0.2) is 0 Å². The third-order valence-corrected chi connectivity index (χ3v) is 6.66. The predicted molar refractivity (Wildman–Crippen MR) is 136 cm³/mol. The van der Waals surface area contributed by atoms with Crippen LogP contribution in [-0.2, 0) is 17.6 Å². The van der Waals surface area contributed by atoms with Crippen LogP contribution in [0.15, 0.2) is 54.8 Å². The summed E-state index contributed by atoms with van der Waals surface area (Å²) in [7, 11) is 1.57. The topological polar surface area (TPSA) is 108 Å². The summed E-state index contributed by atoms with van der Waals surface area (Å²) in [5, 5.41) is 4.26. The highest BCUT2D eigenvalue weighted by molar-refractivity contribution is 5.94. The number of fused-ring (bicyclic) bond motifs is 4. The average molecular weight is 490 g/mol. The van der Waals surface area contributed by atoms with Crippen LogP contribution < -0.4 is 26.0 Å². The van der Waals surface area contributed by atoms with Gasteiger partial charge in [-0.15, -0.1) is 0 Å². The molecule has 36 heavy (non-hydrogen) atoms. The molecule has 1 aliphatic rings. The molecule has 5 rings (SSSR count). The number of benzene rings is 2. The van der Waals surface area contributed by atoms with E-state index in [0.717, 1.165) is 29.4 Å². The molecule has 0 aliphatic carbocycles. The molecule has 0 saturated carbocycles. The summed E-state index contributed by atoms with van der Waals surface area (Å²) in [6.45, 7) is 5.90. The van der Waals surface area contributed by atoms with E-state index < -0.39 is 11.3 Å². The Morgan fingerprint density at radius 2 is 1.92 bits per heavy atom. The quantitative estimate of drug-likeness (QED) is 0.398. The first-order valence-electron chi connectivity index (χ1n) is 11.8. The van der Waals surface area contributed by atoms with Crippen LogP contribution in [0.3, 0.4) is 0 Å². The van der Waals surface area contributed by atoms with Gasteiger partial charge in [0.25, 0.3) is 0 Å². The van der Waals surface area contributed by atoms with Crippen LogP contribution in [0.2, 0.25) is 0 Å². The second-order valence-corrected chi connectivity index (χ2v) is 9.67. The summed E-state index contributed by atoms with van der Waals surface area (Å²) in [5.74, 6) is 0.981. The zero-order valence-corrected chi connectivity index (χ0v) is 20.7. The third-order valence-electron chi connectivity index (χ3n) is 6.66. The third kappa shape index (κ3) is 4.34. The van der Waals surface area contributed by atoms with E-state index >= 15 is 0 Å². The van der Waals surface area contributed by atoms with Crippen LogP contribution in [0.1, 0.15) is 43.4 Å². The van der Waals surface area contributed by atoms with Crippen molar-refractivity contribution in [3.63, 3.8) is 0 Å².